The van der Waals surface area contributed by atoms with Crippen LogP contribution >= 0.6 is 11.6 Å². The maximum atomic E-state index is 13.1. The SMILES string of the molecule is CCOC(=O)c1ccc(NC(=O)C23C[C@@H]4C[C@@H](CC(Cl)(C4)C2)C3)cc1. The summed E-state index contributed by atoms with van der Waals surface area (Å²) in [5.74, 6) is 0.937. The molecule has 0 radical (unpaired) electrons. The van der Waals surface area contributed by atoms with Crippen LogP contribution in [0.25, 0.3) is 0 Å². The molecule has 0 aliphatic heterocycles. The summed E-state index contributed by atoms with van der Waals surface area (Å²) in [6.07, 6.45) is 6.08. The molecule has 25 heavy (non-hydrogen) atoms. The topological polar surface area (TPSA) is 55.4 Å². The molecule has 2 unspecified atom stereocenters. The van der Waals surface area contributed by atoms with Gasteiger partial charge in [-0.1, -0.05) is 0 Å². The average molecular weight is 362 g/mol. The van der Waals surface area contributed by atoms with Gasteiger partial charge in [-0.3, -0.25) is 4.79 Å². The van der Waals surface area contributed by atoms with Crippen molar-refractivity contribution in [2.75, 3.05) is 11.9 Å². The smallest absolute Gasteiger partial charge is 0.338 e. The summed E-state index contributed by atoms with van der Waals surface area (Å²) in [6.45, 7) is 2.13. The molecule has 1 aromatic carbocycles. The predicted octanol–water partition coefficient (Wildman–Crippen LogP) is 4.38. The van der Waals surface area contributed by atoms with Gasteiger partial charge in [0, 0.05) is 10.6 Å². The van der Waals surface area contributed by atoms with Crippen LogP contribution in [0.1, 0.15) is 55.8 Å². The lowest BCUT2D eigenvalue weighted by Crippen LogP contribution is -2.57. The van der Waals surface area contributed by atoms with Crippen molar-refractivity contribution in [2.24, 2.45) is 17.3 Å². The van der Waals surface area contributed by atoms with Crippen molar-refractivity contribution >= 4 is 29.2 Å². The molecule has 0 spiro atoms. The summed E-state index contributed by atoms with van der Waals surface area (Å²) < 4.78 is 4.98. The van der Waals surface area contributed by atoms with Crippen LogP contribution in [0.3, 0.4) is 0 Å². The van der Waals surface area contributed by atoms with E-state index in [0.29, 0.717) is 24.0 Å². The third-order valence-corrected chi connectivity index (χ3v) is 6.57. The van der Waals surface area contributed by atoms with Gasteiger partial charge >= 0.3 is 5.97 Å². The van der Waals surface area contributed by atoms with Gasteiger partial charge in [-0.2, -0.15) is 0 Å². The molecule has 0 saturated heterocycles. The number of alkyl halides is 1. The van der Waals surface area contributed by atoms with Crippen molar-refractivity contribution in [3.8, 4) is 0 Å². The van der Waals surface area contributed by atoms with Crippen LogP contribution in [0.4, 0.5) is 5.69 Å². The van der Waals surface area contributed by atoms with Gasteiger partial charge in [-0.15, -0.1) is 11.6 Å². The molecule has 4 atom stereocenters. The molecule has 4 aliphatic rings. The average Bonchev–Trinajstić information content (AvgIpc) is 2.53. The first-order valence-electron chi connectivity index (χ1n) is 9.19. The quantitative estimate of drug-likeness (QED) is 0.639. The number of nitrogens with one attached hydrogen (secondary N) is 1. The largest absolute Gasteiger partial charge is 0.462 e. The van der Waals surface area contributed by atoms with Gasteiger partial charge in [-0.25, -0.2) is 4.79 Å². The summed E-state index contributed by atoms with van der Waals surface area (Å²) in [7, 11) is 0. The minimum absolute atomic E-state index is 0.0931. The fourth-order valence-electron chi connectivity index (χ4n) is 5.58. The number of carbonyl (C=O) groups is 2. The van der Waals surface area contributed by atoms with E-state index in [-0.39, 0.29) is 22.2 Å². The molecule has 1 N–H and O–H groups in total. The van der Waals surface area contributed by atoms with Crippen LogP contribution in [0.15, 0.2) is 24.3 Å². The highest BCUT2D eigenvalue weighted by molar-refractivity contribution is 6.24. The third-order valence-electron chi connectivity index (χ3n) is 6.13. The molecule has 4 nitrogen and oxygen atoms in total. The number of rotatable bonds is 4. The number of esters is 1. The van der Waals surface area contributed by atoms with Crippen LogP contribution < -0.4 is 5.32 Å². The Hall–Kier alpha value is -1.55. The van der Waals surface area contributed by atoms with Crippen molar-refractivity contribution < 1.29 is 14.3 Å². The molecule has 4 bridgehead atoms. The molecule has 5 rings (SSSR count). The third kappa shape index (κ3) is 3.05. The standard InChI is InChI=1S/C20H24ClNO3/c1-2-25-17(23)15-3-5-16(6-4-15)22-18(24)19-8-13-7-14(9-19)11-20(21,10-13)12-19/h3-6,13-14H,2,7-12H2,1H3,(H,22,24)/t13-,14+,19?,20?. The molecule has 134 valence electrons. The fraction of sp³-hybridized carbons (Fsp3) is 0.600. The number of anilines is 1. The van der Waals surface area contributed by atoms with Gasteiger partial charge in [0.05, 0.1) is 17.6 Å². The summed E-state index contributed by atoms with van der Waals surface area (Å²) in [5.41, 5.74) is 0.901. The number of halogens is 1. The molecule has 0 heterocycles. The van der Waals surface area contributed by atoms with Crippen molar-refractivity contribution in [2.45, 2.75) is 50.3 Å². The van der Waals surface area contributed by atoms with E-state index in [9.17, 15) is 9.59 Å². The van der Waals surface area contributed by atoms with Gasteiger partial charge in [0.15, 0.2) is 0 Å². The van der Waals surface area contributed by atoms with Crippen molar-refractivity contribution in [3.63, 3.8) is 0 Å². The Bertz CT molecular complexity index is 685. The predicted molar refractivity (Wildman–Crippen MR) is 96.7 cm³/mol. The summed E-state index contributed by atoms with van der Waals surface area (Å²) in [6, 6.07) is 6.91. The molecule has 4 aliphatic carbocycles. The van der Waals surface area contributed by atoms with E-state index < -0.39 is 0 Å². The van der Waals surface area contributed by atoms with E-state index in [1.165, 1.54) is 6.42 Å². The van der Waals surface area contributed by atoms with E-state index in [2.05, 4.69) is 5.32 Å². The first-order valence-corrected chi connectivity index (χ1v) is 9.57. The van der Waals surface area contributed by atoms with Crippen LogP contribution in [-0.4, -0.2) is 23.4 Å². The number of benzene rings is 1. The van der Waals surface area contributed by atoms with Gasteiger partial charge in [0.1, 0.15) is 0 Å². The Balaban J connectivity index is 1.48. The normalized spacial score (nSPS) is 35.4. The minimum Gasteiger partial charge on any atom is -0.462 e. The number of carbonyl (C=O) groups excluding carboxylic acids is 2. The van der Waals surface area contributed by atoms with Gasteiger partial charge < -0.3 is 10.1 Å². The second-order valence-electron chi connectivity index (χ2n) is 8.14. The highest BCUT2D eigenvalue weighted by Gasteiger charge is 2.60. The van der Waals surface area contributed by atoms with Crippen molar-refractivity contribution in [3.05, 3.63) is 29.8 Å². The van der Waals surface area contributed by atoms with Crippen LogP contribution in [0.5, 0.6) is 0 Å². The monoisotopic (exact) mass is 361 g/mol. The lowest BCUT2D eigenvalue weighted by atomic mass is 9.49. The van der Waals surface area contributed by atoms with E-state index in [1.807, 2.05) is 0 Å². The van der Waals surface area contributed by atoms with Gasteiger partial charge in [0.25, 0.3) is 0 Å². The molecular formula is C20H24ClNO3. The summed E-state index contributed by atoms with van der Waals surface area (Å²) >= 11 is 6.82. The Morgan fingerprint density at radius 2 is 1.80 bits per heavy atom. The maximum absolute atomic E-state index is 13.1. The summed E-state index contributed by atoms with van der Waals surface area (Å²) in [4.78, 5) is 24.6. The molecule has 5 heteroatoms. The van der Waals surface area contributed by atoms with Crippen molar-refractivity contribution in [1.82, 2.24) is 0 Å². The Morgan fingerprint density at radius 3 is 2.36 bits per heavy atom. The Kier molecular flexibility index (Phi) is 4.06. The zero-order valence-corrected chi connectivity index (χ0v) is 15.3. The number of hydrogen-bond acceptors (Lipinski definition) is 3. The van der Waals surface area contributed by atoms with E-state index in [0.717, 1.165) is 37.8 Å². The molecule has 4 fully saturated rings. The minimum atomic E-state index is -0.342. The fourth-order valence-corrected chi connectivity index (χ4v) is 6.28. The molecule has 0 aromatic heterocycles. The van der Waals surface area contributed by atoms with E-state index in [1.54, 1.807) is 31.2 Å². The number of amides is 1. The Labute approximate surface area is 153 Å². The molecule has 4 saturated carbocycles. The number of hydrogen-bond donors (Lipinski definition) is 1. The van der Waals surface area contributed by atoms with Crippen molar-refractivity contribution in [1.29, 1.82) is 0 Å². The summed E-state index contributed by atoms with van der Waals surface area (Å²) in [5, 5.41) is 3.06. The molecule has 1 amide bonds. The lowest BCUT2D eigenvalue weighted by molar-refractivity contribution is -0.138. The first kappa shape index (κ1) is 16.9. The molecule has 1 aromatic rings. The zero-order valence-electron chi connectivity index (χ0n) is 14.5. The Morgan fingerprint density at radius 1 is 1.16 bits per heavy atom. The van der Waals surface area contributed by atoms with Gasteiger partial charge in [-0.05, 0) is 81.5 Å². The first-order chi connectivity index (χ1) is 11.9. The maximum Gasteiger partial charge on any atom is 0.338 e. The zero-order chi connectivity index (χ0) is 17.7. The highest BCUT2D eigenvalue weighted by atomic mass is 35.5. The number of ether oxygens (including phenoxy) is 1. The second kappa shape index (κ2) is 6.01. The van der Waals surface area contributed by atoms with E-state index >= 15 is 0 Å². The molecular weight excluding hydrogens is 338 g/mol. The lowest BCUT2D eigenvalue weighted by Gasteiger charge is -2.59. The highest BCUT2D eigenvalue weighted by Crippen LogP contribution is 2.64. The van der Waals surface area contributed by atoms with Crippen LogP contribution in [-0.2, 0) is 9.53 Å². The van der Waals surface area contributed by atoms with Crippen LogP contribution in [0, 0.1) is 17.3 Å². The van der Waals surface area contributed by atoms with Gasteiger partial charge in [0.2, 0.25) is 5.91 Å². The van der Waals surface area contributed by atoms with E-state index in [4.69, 9.17) is 16.3 Å². The second-order valence-corrected chi connectivity index (χ2v) is 8.95. The van der Waals surface area contributed by atoms with Crippen LogP contribution in [0.2, 0.25) is 0 Å².